The molecular formula is C4H2N8O4. The molecule has 12 heteroatoms. The number of rotatable bonds is 3. The first-order valence-electron chi connectivity index (χ1n) is 3.74. The molecular weight excluding hydrogens is 224 g/mol. The van der Waals surface area contributed by atoms with Gasteiger partial charge in [-0.1, -0.05) is 4.99 Å². The second kappa shape index (κ2) is 3.11. The Kier molecular flexibility index (Phi) is 1.90. The van der Waals surface area contributed by atoms with Gasteiger partial charge in [0.1, 0.15) is 6.33 Å². The summed E-state index contributed by atoms with van der Waals surface area (Å²) in [5.74, 6) is -3.39. The molecule has 1 aromatic rings. The third-order valence-corrected chi connectivity index (χ3v) is 1.65. The molecule has 82 valence electrons. The molecule has 0 saturated heterocycles. The zero-order chi connectivity index (χ0) is 11.8. The third kappa shape index (κ3) is 1.20. The summed E-state index contributed by atoms with van der Waals surface area (Å²) in [6.07, 6.45) is 1.10. The van der Waals surface area contributed by atoms with E-state index in [1.807, 2.05) is 0 Å². The number of azo groups is 1. The Morgan fingerprint density at radius 3 is 2.44 bits per heavy atom. The number of aliphatic imine (C=N–C) groups is 1. The Bertz CT molecular complexity index is 488. The Labute approximate surface area is 85.4 Å². The van der Waals surface area contributed by atoms with Gasteiger partial charge in [0, 0.05) is 0 Å². The standard InChI is InChI=1S/C4H2N8O4/c13-11(14)4(12(15)16)7-3(9-10-4)2-5-1-6-8-2/h1H,(H,5,6,8). The minimum absolute atomic E-state index is 0.0330. The van der Waals surface area contributed by atoms with Crippen LogP contribution in [0.1, 0.15) is 5.82 Å². The lowest BCUT2D eigenvalue weighted by Gasteiger charge is -2.00. The van der Waals surface area contributed by atoms with E-state index in [2.05, 4.69) is 30.4 Å². The van der Waals surface area contributed by atoms with Gasteiger partial charge in [0.15, 0.2) is 15.7 Å². The van der Waals surface area contributed by atoms with Crippen LogP contribution >= 0.6 is 0 Å². The highest BCUT2D eigenvalue weighted by Gasteiger charge is 2.62. The van der Waals surface area contributed by atoms with E-state index in [4.69, 9.17) is 0 Å². The smallest absolute Gasteiger partial charge is 0.257 e. The van der Waals surface area contributed by atoms with Crippen LogP contribution in [0.25, 0.3) is 0 Å². The predicted molar refractivity (Wildman–Crippen MR) is 44.5 cm³/mol. The molecule has 0 fully saturated rings. The summed E-state index contributed by atoms with van der Waals surface area (Å²) < 4.78 is 0. The Morgan fingerprint density at radius 2 is 2.00 bits per heavy atom. The molecule has 1 aromatic heterocycles. The van der Waals surface area contributed by atoms with E-state index >= 15 is 0 Å². The molecule has 16 heavy (non-hydrogen) atoms. The van der Waals surface area contributed by atoms with Crippen molar-refractivity contribution >= 4 is 5.84 Å². The van der Waals surface area contributed by atoms with Crippen LogP contribution in [0.2, 0.25) is 0 Å². The molecule has 0 aromatic carbocycles. The van der Waals surface area contributed by atoms with E-state index in [9.17, 15) is 20.2 Å². The van der Waals surface area contributed by atoms with Gasteiger partial charge < -0.3 is 0 Å². The van der Waals surface area contributed by atoms with Crippen LogP contribution in [0, 0.1) is 20.2 Å². The zero-order valence-electron chi connectivity index (χ0n) is 7.34. The number of hydrogen-bond donors (Lipinski definition) is 1. The molecule has 0 bridgehead atoms. The Hall–Kier alpha value is -2.79. The minimum Gasteiger partial charge on any atom is -0.257 e. The van der Waals surface area contributed by atoms with Gasteiger partial charge in [0.05, 0.1) is 0 Å². The Balaban J connectivity index is 2.46. The molecule has 0 atom stereocenters. The first kappa shape index (κ1) is 9.75. The highest BCUT2D eigenvalue weighted by atomic mass is 16.7. The van der Waals surface area contributed by atoms with Gasteiger partial charge in [-0.2, -0.15) is 5.10 Å². The highest BCUT2D eigenvalue weighted by molar-refractivity contribution is 5.96. The zero-order valence-corrected chi connectivity index (χ0v) is 7.34. The summed E-state index contributed by atoms with van der Waals surface area (Å²) in [7, 11) is 0. The van der Waals surface area contributed by atoms with E-state index in [0.717, 1.165) is 6.33 Å². The van der Waals surface area contributed by atoms with Crippen molar-refractivity contribution in [3.63, 3.8) is 0 Å². The fourth-order valence-corrected chi connectivity index (χ4v) is 0.936. The van der Waals surface area contributed by atoms with Crippen molar-refractivity contribution in [3.8, 4) is 0 Å². The van der Waals surface area contributed by atoms with Crippen LogP contribution in [0.3, 0.4) is 0 Å². The van der Waals surface area contributed by atoms with Crippen LogP contribution < -0.4 is 0 Å². The molecule has 2 heterocycles. The maximum Gasteiger partial charge on any atom is 0.693 e. The number of aromatic amines is 1. The molecule has 1 aliphatic heterocycles. The summed E-state index contributed by atoms with van der Waals surface area (Å²) in [5.41, 5.74) is 0. The van der Waals surface area contributed by atoms with E-state index in [-0.39, 0.29) is 11.7 Å². The molecule has 12 nitrogen and oxygen atoms in total. The first-order chi connectivity index (χ1) is 7.56. The van der Waals surface area contributed by atoms with Crippen molar-refractivity contribution in [2.75, 3.05) is 0 Å². The van der Waals surface area contributed by atoms with E-state index in [1.54, 1.807) is 0 Å². The van der Waals surface area contributed by atoms with Crippen molar-refractivity contribution in [1.29, 1.82) is 0 Å². The second-order valence-electron chi connectivity index (χ2n) is 2.58. The number of nitro groups is 2. The van der Waals surface area contributed by atoms with Crippen LogP contribution in [0.4, 0.5) is 0 Å². The maximum absolute atomic E-state index is 10.5. The molecule has 2 rings (SSSR count). The normalized spacial score (nSPS) is 17.1. The number of hydrogen-bond acceptors (Lipinski definition) is 9. The van der Waals surface area contributed by atoms with Crippen LogP contribution in [0.15, 0.2) is 21.5 Å². The van der Waals surface area contributed by atoms with Gasteiger partial charge in [0.25, 0.3) is 0 Å². The lowest BCUT2D eigenvalue weighted by Crippen LogP contribution is -2.41. The lowest BCUT2D eigenvalue weighted by molar-refractivity contribution is -0.793. The van der Waals surface area contributed by atoms with Crippen molar-refractivity contribution in [1.82, 2.24) is 15.2 Å². The average Bonchev–Trinajstić information content (AvgIpc) is 2.87. The summed E-state index contributed by atoms with van der Waals surface area (Å²) >= 11 is 0. The summed E-state index contributed by atoms with van der Waals surface area (Å²) in [6, 6.07) is 0. The van der Waals surface area contributed by atoms with E-state index < -0.39 is 15.8 Å². The number of nitrogens with one attached hydrogen (secondary N) is 1. The molecule has 0 unspecified atom stereocenters. The third-order valence-electron chi connectivity index (χ3n) is 1.65. The van der Waals surface area contributed by atoms with Crippen molar-refractivity contribution in [3.05, 3.63) is 32.4 Å². The second-order valence-corrected chi connectivity index (χ2v) is 2.58. The lowest BCUT2D eigenvalue weighted by atomic mass is 10.5. The van der Waals surface area contributed by atoms with Crippen LogP contribution in [-0.4, -0.2) is 36.8 Å². The number of amidine groups is 1. The monoisotopic (exact) mass is 226 g/mol. The Morgan fingerprint density at radius 1 is 1.31 bits per heavy atom. The highest BCUT2D eigenvalue weighted by Crippen LogP contribution is 2.22. The predicted octanol–water partition coefficient (Wildman–Crippen LogP) is -0.818. The van der Waals surface area contributed by atoms with E-state index in [0.29, 0.717) is 0 Å². The molecule has 0 radical (unpaired) electrons. The molecule has 1 N–H and O–H groups in total. The maximum atomic E-state index is 10.5. The SMILES string of the molecule is O=[N+]([O-])C1([N+](=O)[O-])N=NC(c2ncn[nH]2)=N1. The average molecular weight is 226 g/mol. The van der Waals surface area contributed by atoms with Gasteiger partial charge in [-0.05, 0) is 5.11 Å². The van der Waals surface area contributed by atoms with Crippen molar-refractivity contribution in [2.24, 2.45) is 15.2 Å². The molecule has 0 spiro atoms. The molecule has 0 saturated carbocycles. The first-order valence-corrected chi connectivity index (χ1v) is 3.74. The summed E-state index contributed by atoms with van der Waals surface area (Å²) in [5, 5.41) is 33.0. The van der Waals surface area contributed by atoms with Crippen LogP contribution in [0.5, 0.6) is 0 Å². The topological polar surface area (TPSA) is 165 Å². The number of aromatic nitrogens is 3. The van der Waals surface area contributed by atoms with Gasteiger partial charge in [-0.25, -0.2) is 4.98 Å². The molecule has 0 aliphatic carbocycles. The molecule has 0 amide bonds. The van der Waals surface area contributed by atoms with E-state index in [1.165, 1.54) is 0 Å². The number of nitrogens with zero attached hydrogens (tertiary/aromatic N) is 7. The summed E-state index contributed by atoms with van der Waals surface area (Å²) in [6.45, 7) is 0. The van der Waals surface area contributed by atoms with Gasteiger partial charge in [-0.3, -0.25) is 25.3 Å². The van der Waals surface area contributed by atoms with Crippen molar-refractivity contribution in [2.45, 2.75) is 5.91 Å². The minimum atomic E-state index is -3.01. The van der Waals surface area contributed by atoms with Gasteiger partial charge in [-0.15, -0.1) is 5.11 Å². The number of H-pyrrole nitrogens is 1. The largest absolute Gasteiger partial charge is 0.693 e. The molecule has 1 aliphatic rings. The fraction of sp³-hybridized carbons (Fsp3) is 0.250. The van der Waals surface area contributed by atoms with Gasteiger partial charge >= 0.3 is 5.91 Å². The van der Waals surface area contributed by atoms with Crippen LogP contribution in [-0.2, 0) is 0 Å². The quantitative estimate of drug-likeness (QED) is 0.401. The van der Waals surface area contributed by atoms with Gasteiger partial charge in [0.2, 0.25) is 5.84 Å². The summed E-state index contributed by atoms with van der Waals surface area (Å²) in [4.78, 5) is 25.4. The fourth-order valence-electron chi connectivity index (χ4n) is 0.936. The van der Waals surface area contributed by atoms with Crippen molar-refractivity contribution < 1.29 is 9.85 Å².